The second-order valence-electron chi connectivity index (χ2n) is 6.24. The van der Waals surface area contributed by atoms with E-state index in [-0.39, 0.29) is 24.5 Å². The molecular weight excluding hydrogens is 373 g/mol. The Labute approximate surface area is 164 Å². The summed E-state index contributed by atoms with van der Waals surface area (Å²) in [5.41, 5.74) is -2.55. The molecule has 1 N–H and O–H groups in total. The Morgan fingerprint density at radius 3 is 2.54 bits per heavy atom. The van der Waals surface area contributed by atoms with Gasteiger partial charge < -0.3 is 19.5 Å². The Balaban J connectivity index is 3.30. The first kappa shape index (κ1) is 23.8. The van der Waals surface area contributed by atoms with Crippen molar-refractivity contribution in [2.75, 3.05) is 33.9 Å². The highest BCUT2D eigenvalue weighted by Crippen LogP contribution is 2.46. The van der Waals surface area contributed by atoms with Crippen LogP contribution in [-0.4, -0.2) is 56.4 Å². The van der Waals surface area contributed by atoms with Crippen molar-refractivity contribution in [1.82, 2.24) is 4.90 Å². The van der Waals surface area contributed by atoms with E-state index in [2.05, 4.69) is 16.8 Å². The average molecular weight is 400 g/mol. The average Bonchev–Trinajstić information content (AvgIpc) is 2.65. The monoisotopic (exact) mass is 400 g/mol. The molecule has 1 aromatic carbocycles. The lowest BCUT2D eigenvalue weighted by Gasteiger charge is -2.32. The molecule has 0 bridgehead atoms. The molecule has 0 amide bonds. The van der Waals surface area contributed by atoms with Crippen LogP contribution in [0.15, 0.2) is 17.1 Å². The van der Waals surface area contributed by atoms with Crippen LogP contribution in [-0.2, 0) is 10.3 Å². The number of benzene rings is 1. The Kier molecular flexibility index (Phi) is 8.79. The lowest BCUT2D eigenvalue weighted by molar-refractivity contribution is -0.272. The third-order valence-corrected chi connectivity index (χ3v) is 4.28. The predicted molar refractivity (Wildman–Crippen MR) is 103 cm³/mol. The molecule has 156 valence electrons. The van der Waals surface area contributed by atoms with Crippen LogP contribution in [0.1, 0.15) is 31.4 Å². The molecule has 0 saturated heterocycles. The molecule has 28 heavy (non-hydrogen) atoms. The number of aliphatic imine (C=N–C) groups is 1. The van der Waals surface area contributed by atoms with E-state index in [9.17, 15) is 18.3 Å². The predicted octanol–water partition coefficient (Wildman–Crippen LogP) is 3.80. The lowest BCUT2D eigenvalue weighted by atomic mass is 9.87. The third-order valence-electron chi connectivity index (χ3n) is 4.28. The quantitative estimate of drug-likeness (QED) is 0.297. The highest BCUT2D eigenvalue weighted by molar-refractivity contribution is 5.65. The first-order chi connectivity index (χ1) is 13.1. The summed E-state index contributed by atoms with van der Waals surface area (Å²) in [6.07, 6.45) is -4.02. The highest BCUT2D eigenvalue weighted by Gasteiger charge is 2.56. The van der Waals surface area contributed by atoms with Crippen LogP contribution in [0.2, 0.25) is 0 Å². The minimum absolute atomic E-state index is 0.000795. The number of hydrogen-bond acceptors (Lipinski definition) is 4. The van der Waals surface area contributed by atoms with Crippen LogP contribution in [0.5, 0.6) is 5.75 Å². The van der Waals surface area contributed by atoms with Gasteiger partial charge in [0.25, 0.3) is 0 Å². The van der Waals surface area contributed by atoms with E-state index in [0.717, 1.165) is 6.54 Å². The van der Waals surface area contributed by atoms with Crippen molar-refractivity contribution in [2.45, 2.75) is 39.0 Å². The summed E-state index contributed by atoms with van der Waals surface area (Å²) in [5.74, 6) is 5.09. The van der Waals surface area contributed by atoms with Gasteiger partial charge in [-0.1, -0.05) is 5.92 Å². The summed E-state index contributed by atoms with van der Waals surface area (Å²) in [6, 6.07) is 2.65. The van der Waals surface area contributed by atoms with Gasteiger partial charge in [-0.25, -0.2) is 4.99 Å². The second-order valence-corrected chi connectivity index (χ2v) is 6.24. The van der Waals surface area contributed by atoms with Crippen molar-refractivity contribution in [1.29, 1.82) is 0 Å². The first-order valence-corrected chi connectivity index (χ1v) is 8.80. The standard InChI is InChI=1S/C20H27F3N2O3/c1-6-8-10-28-11-9-19(26,20(21,22)23)16-12-15(3)17(13-18(16)27-5)24-14-25(4)7-2/h12-14,26H,7,9-11H2,1-5H3. The Morgan fingerprint density at radius 2 is 2.00 bits per heavy atom. The van der Waals surface area contributed by atoms with Crippen LogP contribution in [0.3, 0.4) is 0 Å². The van der Waals surface area contributed by atoms with Crippen molar-refractivity contribution in [3.05, 3.63) is 23.3 Å². The van der Waals surface area contributed by atoms with Gasteiger partial charge in [0, 0.05) is 31.6 Å². The molecule has 1 unspecified atom stereocenters. The van der Waals surface area contributed by atoms with Crippen molar-refractivity contribution in [3.8, 4) is 17.6 Å². The van der Waals surface area contributed by atoms with Gasteiger partial charge in [-0.05, 0) is 32.4 Å². The third kappa shape index (κ3) is 5.88. The Bertz CT molecular complexity index is 739. The SMILES string of the molecule is CC#CCOCCC(O)(c1cc(C)c(N=CN(C)CC)cc1OC)C(F)(F)F. The van der Waals surface area contributed by atoms with E-state index in [1.165, 1.54) is 19.2 Å². The molecule has 0 radical (unpaired) electrons. The summed E-state index contributed by atoms with van der Waals surface area (Å²) in [4.78, 5) is 6.11. The Hall–Kier alpha value is -2.24. The molecule has 0 saturated carbocycles. The number of aliphatic hydroxyl groups is 1. The maximum Gasteiger partial charge on any atom is 0.421 e. The van der Waals surface area contributed by atoms with Crippen LogP contribution >= 0.6 is 0 Å². The van der Waals surface area contributed by atoms with Gasteiger partial charge in [0.15, 0.2) is 5.60 Å². The normalized spacial score (nSPS) is 13.8. The molecule has 0 aliphatic rings. The van der Waals surface area contributed by atoms with Crippen LogP contribution in [0, 0.1) is 18.8 Å². The fraction of sp³-hybridized carbons (Fsp3) is 0.550. The molecule has 1 rings (SSSR count). The molecule has 0 aromatic heterocycles. The maximum absolute atomic E-state index is 13.8. The van der Waals surface area contributed by atoms with E-state index in [0.29, 0.717) is 11.3 Å². The highest BCUT2D eigenvalue weighted by atomic mass is 19.4. The molecule has 0 heterocycles. The summed E-state index contributed by atoms with van der Waals surface area (Å²) in [6.45, 7) is 5.60. The van der Waals surface area contributed by atoms with E-state index in [1.807, 2.05) is 18.9 Å². The Morgan fingerprint density at radius 1 is 1.32 bits per heavy atom. The van der Waals surface area contributed by atoms with E-state index < -0.39 is 18.2 Å². The van der Waals surface area contributed by atoms with Gasteiger partial charge in [-0.3, -0.25) is 0 Å². The zero-order valence-corrected chi connectivity index (χ0v) is 16.9. The number of ether oxygens (including phenoxy) is 2. The van der Waals surface area contributed by atoms with Gasteiger partial charge in [0.1, 0.15) is 12.4 Å². The van der Waals surface area contributed by atoms with Crippen molar-refractivity contribution in [3.63, 3.8) is 0 Å². The molecule has 8 heteroatoms. The number of aryl methyl sites for hydroxylation is 1. The molecular formula is C20H27F3N2O3. The first-order valence-electron chi connectivity index (χ1n) is 8.80. The number of methoxy groups -OCH3 is 1. The van der Waals surface area contributed by atoms with E-state index >= 15 is 0 Å². The molecule has 0 fully saturated rings. The molecule has 1 aromatic rings. The van der Waals surface area contributed by atoms with Crippen molar-refractivity contribution in [2.24, 2.45) is 4.99 Å². The molecule has 5 nitrogen and oxygen atoms in total. The number of halogens is 3. The number of hydrogen-bond donors (Lipinski definition) is 1. The van der Waals surface area contributed by atoms with Gasteiger partial charge >= 0.3 is 6.18 Å². The molecule has 1 atom stereocenters. The fourth-order valence-electron chi connectivity index (χ4n) is 2.40. The largest absolute Gasteiger partial charge is 0.496 e. The van der Waals surface area contributed by atoms with Crippen LogP contribution in [0.25, 0.3) is 0 Å². The summed E-state index contributed by atoms with van der Waals surface area (Å²) >= 11 is 0. The van der Waals surface area contributed by atoms with E-state index in [4.69, 9.17) is 9.47 Å². The van der Waals surface area contributed by atoms with Gasteiger partial charge in [0.05, 0.1) is 25.7 Å². The van der Waals surface area contributed by atoms with Gasteiger partial charge in [0.2, 0.25) is 0 Å². The molecule has 0 spiro atoms. The second kappa shape index (κ2) is 10.3. The zero-order valence-electron chi connectivity index (χ0n) is 16.9. The number of rotatable bonds is 9. The molecule has 0 aliphatic heterocycles. The fourth-order valence-corrected chi connectivity index (χ4v) is 2.40. The van der Waals surface area contributed by atoms with Crippen LogP contribution in [0.4, 0.5) is 18.9 Å². The maximum atomic E-state index is 13.8. The van der Waals surface area contributed by atoms with E-state index in [1.54, 1.807) is 20.2 Å². The summed E-state index contributed by atoms with van der Waals surface area (Å²) < 4.78 is 51.6. The zero-order chi connectivity index (χ0) is 21.4. The van der Waals surface area contributed by atoms with Crippen molar-refractivity contribution < 1.29 is 27.8 Å². The summed E-state index contributed by atoms with van der Waals surface area (Å²) in [7, 11) is 3.08. The van der Waals surface area contributed by atoms with Crippen LogP contribution < -0.4 is 4.74 Å². The van der Waals surface area contributed by atoms with Gasteiger partial charge in [-0.15, -0.1) is 5.92 Å². The molecule has 0 aliphatic carbocycles. The number of alkyl halides is 3. The van der Waals surface area contributed by atoms with Crippen molar-refractivity contribution >= 4 is 12.0 Å². The lowest BCUT2D eigenvalue weighted by Crippen LogP contribution is -2.43. The minimum Gasteiger partial charge on any atom is -0.496 e. The number of nitrogens with zero attached hydrogens (tertiary/aromatic N) is 2. The summed E-state index contributed by atoms with van der Waals surface area (Å²) in [5, 5.41) is 10.6. The van der Waals surface area contributed by atoms with Gasteiger partial charge in [-0.2, -0.15) is 13.2 Å². The smallest absolute Gasteiger partial charge is 0.421 e. The topological polar surface area (TPSA) is 54.3 Å². The minimum atomic E-state index is -4.92.